The maximum absolute atomic E-state index is 10.4. The summed E-state index contributed by atoms with van der Waals surface area (Å²) in [6.45, 7) is 0. The van der Waals surface area contributed by atoms with E-state index < -0.39 is 12.0 Å². The van der Waals surface area contributed by atoms with Gasteiger partial charge < -0.3 is 10.8 Å². The number of rotatable bonds is 3. The highest BCUT2D eigenvalue weighted by molar-refractivity contribution is 9.10. The summed E-state index contributed by atoms with van der Waals surface area (Å²) in [6.07, 6.45) is 0.283. The molecule has 1 aromatic rings. The monoisotopic (exact) mass is 250 g/mol. The first-order valence-electron chi connectivity index (χ1n) is 3.18. The highest BCUT2D eigenvalue weighted by Crippen LogP contribution is 2.15. The third-order valence-electron chi connectivity index (χ3n) is 1.24. The fraction of sp³-hybridized carbons (Fsp3) is 0.333. The number of carboxylic acid groups (broad SMARTS) is 1. The predicted molar refractivity (Wildman–Crippen MR) is 49.1 cm³/mol. The largest absolute Gasteiger partial charge is 0.480 e. The van der Waals surface area contributed by atoms with E-state index in [2.05, 4.69) is 20.9 Å². The fourth-order valence-electron chi connectivity index (χ4n) is 0.658. The minimum Gasteiger partial charge on any atom is -0.480 e. The van der Waals surface area contributed by atoms with Gasteiger partial charge in [-0.05, 0) is 15.9 Å². The van der Waals surface area contributed by atoms with E-state index in [1.54, 1.807) is 5.38 Å². The summed E-state index contributed by atoms with van der Waals surface area (Å²) in [6, 6.07) is -0.858. The molecular weight excluding hydrogens is 244 g/mol. The Bertz CT molecular complexity index is 289. The first kappa shape index (κ1) is 9.63. The third kappa shape index (κ3) is 2.54. The summed E-state index contributed by atoms with van der Waals surface area (Å²) < 4.78 is 0.722. The van der Waals surface area contributed by atoms with Gasteiger partial charge in [-0.1, -0.05) is 0 Å². The number of carbonyl (C=O) groups is 1. The standard InChI is InChI=1S/C6H7BrN2O2S/c7-4-2-12-5(9-4)1-3(8)6(10)11/h2-3H,1,8H2,(H,10,11)/t3-/m0/s1. The Morgan fingerprint density at radius 2 is 2.58 bits per heavy atom. The Balaban J connectivity index is 2.58. The molecule has 0 saturated carbocycles. The molecule has 0 aliphatic heterocycles. The first-order chi connectivity index (χ1) is 5.59. The molecule has 12 heavy (non-hydrogen) atoms. The molecule has 0 aromatic carbocycles. The van der Waals surface area contributed by atoms with Gasteiger partial charge in [-0.15, -0.1) is 11.3 Å². The zero-order valence-electron chi connectivity index (χ0n) is 6.03. The molecule has 0 saturated heterocycles. The molecule has 0 radical (unpaired) electrons. The number of thiazole rings is 1. The van der Waals surface area contributed by atoms with Gasteiger partial charge in [-0.3, -0.25) is 4.79 Å². The van der Waals surface area contributed by atoms with E-state index in [-0.39, 0.29) is 6.42 Å². The van der Waals surface area contributed by atoms with Gasteiger partial charge in [0.15, 0.2) is 0 Å². The van der Waals surface area contributed by atoms with Crippen LogP contribution in [0.25, 0.3) is 0 Å². The van der Waals surface area contributed by atoms with E-state index >= 15 is 0 Å². The average Bonchev–Trinajstić information content (AvgIpc) is 2.35. The van der Waals surface area contributed by atoms with E-state index in [4.69, 9.17) is 10.8 Å². The molecule has 1 atom stereocenters. The normalized spacial score (nSPS) is 12.8. The molecule has 1 rings (SSSR count). The summed E-state index contributed by atoms with van der Waals surface area (Å²) >= 11 is 4.56. The van der Waals surface area contributed by atoms with Crippen molar-refractivity contribution >= 4 is 33.2 Å². The van der Waals surface area contributed by atoms with Gasteiger partial charge in [-0.2, -0.15) is 0 Å². The fourth-order valence-corrected chi connectivity index (χ4v) is 1.98. The van der Waals surface area contributed by atoms with Gasteiger partial charge >= 0.3 is 5.97 Å². The molecule has 0 unspecified atom stereocenters. The molecule has 6 heteroatoms. The van der Waals surface area contributed by atoms with E-state index in [1.165, 1.54) is 11.3 Å². The summed E-state index contributed by atoms with van der Waals surface area (Å²) in [7, 11) is 0. The van der Waals surface area contributed by atoms with Gasteiger partial charge in [0.2, 0.25) is 0 Å². The highest BCUT2D eigenvalue weighted by Gasteiger charge is 2.13. The van der Waals surface area contributed by atoms with Crippen LogP contribution >= 0.6 is 27.3 Å². The van der Waals surface area contributed by atoms with Crippen molar-refractivity contribution in [2.75, 3.05) is 0 Å². The van der Waals surface area contributed by atoms with Crippen LogP contribution in [0, 0.1) is 0 Å². The van der Waals surface area contributed by atoms with Crippen molar-refractivity contribution in [3.63, 3.8) is 0 Å². The number of carboxylic acids is 1. The summed E-state index contributed by atoms with van der Waals surface area (Å²) in [5.74, 6) is -0.999. The van der Waals surface area contributed by atoms with Crippen LogP contribution in [0.15, 0.2) is 9.98 Å². The molecular formula is C6H7BrN2O2S. The Labute approximate surface area is 81.5 Å². The first-order valence-corrected chi connectivity index (χ1v) is 4.85. The van der Waals surface area contributed by atoms with Crippen LogP contribution in [0.5, 0.6) is 0 Å². The van der Waals surface area contributed by atoms with Gasteiger partial charge in [0, 0.05) is 11.8 Å². The van der Waals surface area contributed by atoms with Crippen molar-refractivity contribution in [2.45, 2.75) is 12.5 Å². The molecule has 66 valence electrons. The van der Waals surface area contributed by atoms with Crippen LogP contribution in [-0.4, -0.2) is 22.1 Å². The maximum Gasteiger partial charge on any atom is 0.320 e. The number of hydrogen-bond donors (Lipinski definition) is 2. The maximum atomic E-state index is 10.4. The van der Waals surface area contributed by atoms with Crippen molar-refractivity contribution in [3.8, 4) is 0 Å². The van der Waals surface area contributed by atoms with E-state index in [0.717, 1.165) is 9.61 Å². The van der Waals surface area contributed by atoms with Gasteiger partial charge in [0.1, 0.15) is 10.6 Å². The predicted octanol–water partition coefficient (Wildman–Crippen LogP) is 0.860. The smallest absolute Gasteiger partial charge is 0.320 e. The Kier molecular flexibility index (Phi) is 3.19. The third-order valence-corrected chi connectivity index (χ3v) is 2.82. The lowest BCUT2D eigenvalue weighted by Gasteiger charge is -2.01. The SMILES string of the molecule is N[C@@H](Cc1nc(Br)cs1)C(=O)O. The zero-order chi connectivity index (χ0) is 9.14. The van der Waals surface area contributed by atoms with E-state index in [0.29, 0.717) is 0 Å². The number of aromatic nitrogens is 1. The number of hydrogen-bond acceptors (Lipinski definition) is 4. The lowest BCUT2D eigenvalue weighted by Crippen LogP contribution is -2.32. The Morgan fingerprint density at radius 1 is 1.92 bits per heavy atom. The molecule has 0 aliphatic rings. The second-order valence-corrected chi connectivity index (χ2v) is 3.97. The molecule has 1 aromatic heterocycles. The minimum absolute atomic E-state index is 0.283. The van der Waals surface area contributed by atoms with Crippen LogP contribution in [0.1, 0.15) is 5.01 Å². The Morgan fingerprint density at radius 3 is 3.00 bits per heavy atom. The van der Waals surface area contributed by atoms with Crippen LogP contribution in [0.4, 0.5) is 0 Å². The average molecular weight is 251 g/mol. The highest BCUT2D eigenvalue weighted by atomic mass is 79.9. The number of nitrogens with two attached hydrogens (primary N) is 1. The lowest BCUT2D eigenvalue weighted by molar-refractivity contribution is -0.138. The molecule has 0 bridgehead atoms. The molecule has 0 fully saturated rings. The van der Waals surface area contributed by atoms with Crippen molar-refractivity contribution in [1.82, 2.24) is 4.98 Å². The topological polar surface area (TPSA) is 76.2 Å². The van der Waals surface area contributed by atoms with Gasteiger partial charge in [0.25, 0.3) is 0 Å². The van der Waals surface area contributed by atoms with Crippen LogP contribution in [0.2, 0.25) is 0 Å². The van der Waals surface area contributed by atoms with E-state index in [1.807, 2.05) is 0 Å². The van der Waals surface area contributed by atoms with Crippen molar-refractivity contribution in [3.05, 3.63) is 15.0 Å². The Hall–Kier alpha value is -0.460. The molecule has 3 N–H and O–H groups in total. The second kappa shape index (κ2) is 3.97. The number of nitrogens with zero attached hydrogens (tertiary/aromatic N) is 1. The van der Waals surface area contributed by atoms with Gasteiger partial charge in [-0.25, -0.2) is 4.98 Å². The minimum atomic E-state index is -0.999. The van der Waals surface area contributed by atoms with Crippen LogP contribution in [-0.2, 0) is 11.2 Å². The quantitative estimate of drug-likeness (QED) is 0.835. The van der Waals surface area contributed by atoms with Crippen LogP contribution in [0.3, 0.4) is 0 Å². The number of aliphatic carboxylic acids is 1. The molecule has 0 spiro atoms. The van der Waals surface area contributed by atoms with Crippen molar-refractivity contribution < 1.29 is 9.90 Å². The second-order valence-electron chi connectivity index (χ2n) is 2.21. The number of halogens is 1. The summed E-state index contributed by atoms with van der Waals surface area (Å²) in [5, 5.41) is 11.0. The molecule has 4 nitrogen and oxygen atoms in total. The summed E-state index contributed by atoms with van der Waals surface area (Å²) in [4.78, 5) is 14.4. The van der Waals surface area contributed by atoms with Gasteiger partial charge in [0.05, 0.1) is 5.01 Å². The molecule has 1 heterocycles. The van der Waals surface area contributed by atoms with Crippen molar-refractivity contribution in [1.29, 1.82) is 0 Å². The lowest BCUT2D eigenvalue weighted by atomic mass is 10.2. The molecule has 0 aliphatic carbocycles. The van der Waals surface area contributed by atoms with Crippen molar-refractivity contribution in [2.24, 2.45) is 5.73 Å². The zero-order valence-corrected chi connectivity index (χ0v) is 8.43. The summed E-state index contributed by atoms with van der Waals surface area (Å²) in [5.41, 5.74) is 5.31. The molecule has 0 amide bonds. The van der Waals surface area contributed by atoms with Crippen LogP contribution < -0.4 is 5.73 Å². The van der Waals surface area contributed by atoms with E-state index in [9.17, 15) is 4.79 Å².